The van der Waals surface area contributed by atoms with Gasteiger partial charge in [-0.15, -0.1) is 11.3 Å². The predicted molar refractivity (Wildman–Crippen MR) is 70.3 cm³/mol. The zero-order valence-electron chi connectivity index (χ0n) is 11.1. The Balaban J connectivity index is 1.64. The van der Waals surface area contributed by atoms with Gasteiger partial charge >= 0.3 is 5.97 Å². The highest BCUT2D eigenvalue weighted by Gasteiger charge is 2.72. The van der Waals surface area contributed by atoms with Crippen molar-refractivity contribution in [2.24, 2.45) is 17.3 Å². The molecule has 20 heavy (non-hydrogen) atoms. The zero-order valence-corrected chi connectivity index (χ0v) is 11.9. The van der Waals surface area contributed by atoms with Crippen LogP contribution in [-0.4, -0.2) is 39.3 Å². The van der Waals surface area contributed by atoms with Crippen LogP contribution in [0.4, 0.5) is 0 Å². The van der Waals surface area contributed by atoms with Crippen LogP contribution in [0.1, 0.15) is 29.3 Å². The Morgan fingerprint density at radius 3 is 2.50 bits per heavy atom. The van der Waals surface area contributed by atoms with Gasteiger partial charge in [0, 0.05) is 18.3 Å². The van der Waals surface area contributed by atoms with Crippen LogP contribution in [0.25, 0.3) is 0 Å². The third-order valence-electron chi connectivity index (χ3n) is 4.21. The Bertz CT molecular complexity index is 598. The van der Waals surface area contributed by atoms with Gasteiger partial charge in [0.2, 0.25) is 11.8 Å². The van der Waals surface area contributed by atoms with E-state index >= 15 is 0 Å². The summed E-state index contributed by atoms with van der Waals surface area (Å²) in [6, 6.07) is 0. The van der Waals surface area contributed by atoms with Gasteiger partial charge in [-0.3, -0.25) is 14.5 Å². The molecule has 1 saturated carbocycles. The number of imide groups is 1. The molecule has 0 aromatic carbocycles. The molecule has 1 saturated heterocycles. The van der Waals surface area contributed by atoms with Crippen LogP contribution in [-0.2, 0) is 16.0 Å². The Labute approximate surface area is 119 Å². The summed E-state index contributed by atoms with van der Waals surface area (Å²) in [5.74, 6) is -1.59. The molecule has 106 valence electrons. The zero-order chi connectivity index (χ0) is 14.7. The van der Waals surface area contributed by atoms with Crippen LogP contribution in [0, 0.1) is 17.3 Å². The van der Waals surface area contributed by atoms with Crippen LogP contribution < -0.4 is 0 Å². The van der Waals surface area contributed by atoms with Gasteiger partial charge in [-0.1, -0.05) is 13.8 Å². The van der Waals surface area contributed by atoms with Crippen LogP contribution >= 0.6 is 11.3 Å². The molecule has 1 aromatic heterocycles. The van der Waals surface area contributed by atoms with Gasteiger partial charge in [0.1, 0.15) is 0 Å². The minimum atomic E-state index is -1.07. The topological polar surface area (TPSA) is 87.6 Å². The predicted octanol–water partition coefficient (Wildman–Crippen LogP) is 1.02. The minimum absolute atomic E-state index is 0.00746. The molecule has 6 nitrogen and oxygen atoms in total. The van der Waals surface area contributed by atoms with Crippen molar-refractivity contribution >= 4 is 29.1 Å². The number of fused-ring (bicyclic) bond motifs is 1. The average molecular weight is 294 g/mol. The van der Waals surface area contributed by atoms with E-state index in [2.05, 4.69) is 4.98 Å². The number of aromatic nitrogens is 1. The summed E-state index contributed by atoms with van der Waals surface area (Å²) in [5.41, 5.74) is -0.185. The SMILES string of the molecule is CC1(C)C2C(=O)N(CCc3nc(C(=O)O)cs3)C(=O)C21. The van der Waals surface area contributed by atoms with Crippen molar-refractivity contribution in [2.45, 2.75) is 20.3 Å². The molecule has 0 radical (unpaired) electrons. The first kappa shape index (κ1) is 13.2. The first-order valence-corrected chi connectivity index (χ1v) is 7.25. The Kier molecular flexibility index (Phi) is 2.72. The molecule has 1 aliphatic carbocycles. The first-order valence-electron chi connectivity index (χ1n) is 6.37. The molecule has 1 aliphatic heterocycles. The van der Waals surface area contributed by atoms with Gasteiger partial charge < -0.3 is 5.11 Å². The van der Waals surface area contributed by atoms with Crippen molar-refractivity contribution < 1.29 is 19.5 Å². The van der Waals surface area contributed by atoms with E-state index in [-0.39, 0.29) is 41.3 Å². The number of carboxylic acids is 1. The maximum absolute atomic E-state index is 12.1. The summed E-state index contributed by atoms with van der Waals surface area (Å²) in [5, 5.41) is 10.9. The fourth-order valence-electron chi connectivity index (χ4n) is 2.96. The van der Waals surface area contributed by atoms with E-state index in [9.17, 15) is 14.4 Å². The minimum Gasteiger partial charge on any atom is -0.476 e. The largest absolute Gasteiger partial charge is 0.476 e. The van der Waals surface area contributed by atoms with Crippen molar-refractivity contribution in [3.63, 3.8) is 0 Å². The molecule has 1 aromatic rings. The van der Waals surface area contributed by atoms with Crippen molar-refractivity contribution in [1.82, 2.24) is 9.88 Å². The summed E-state index contributed by atoms with van der Waals surface area (Å²) in [7, 11) is 0. The van der Waals surface area contributed by atoms with Crippen molar-refractivity contribution in [3.05, 3.63) is 16.1 Å². The van der Waals surface area contributed by atoms with Gasteiger partial charge in [0.05, 0.1) is 16.8 Å². The van der Waals surface area contributed by atoms with E-state index in [4.69, 9.17) is 5.11 Å². The Morgan fingerprint density at radius 1 is 1.40 bits per heavy atom. The summed E-state index contributed by atoms with van der Waals surface area (Å²) in [4.78, 5) is 40.2. The monoisotopic (exact) mass is 294 g/mol. The van der Waals surface area contributed by atoms with Gasteiger partial charge in [-0.25, -0.2) is 9.78 Å². The van der Waals surface area contributed by atoms with E-state index in [0.29, 0.717) is 11.4 Å². The summed E-state index contributed by atoms with van der Waals surface area (Å²) < 4.78 is 0. The van der Waals surface area contributed by atoms with Crippen molar-refractivity contribution in [3.8, 4) is 0 Å². The highest BCUT2D eigenvalue weighted by atomic mass is 32.1. The number of thiazole rings is 1. The van der Waals surface area contributed by atoms with Gasteiger partial charge in [-0.05, 0) is 5.41 Å². The second-order valence-electron chi connectivity index (χ2n) is 5.79. The number of aromatic carboxylic acids is 1. The van der Waals surface area contributed by atoms with Crippen LogP contribution in [0.3, 0.4) is 0 Å². The number of amides is 2. The smallest absolute Gasteiger partial charge is 0.355 e. The molecular weight excluding hydrogens is 280 g/mol. The summed E-state index contributed by atoms with van der Waals surface area (Å²) >= 11 is 1.23. The molecule has 0 spiro atoms. The first-order chi connectivity index (χ1) is 9.34. The summed E-state index contributed by atoms with van der Waals surface area (Å²) in [6.45, 7) is 4.16. The average Bonchev–Trinajstić information content (AvgIpc) is 2.71. The lowest BCUT2D eigenvalue weighted by Gasteiger charge is -2.19. The third kappa shape index (κ3) is 1.76. The molecule has 2 heterocycles. The van der Waals surface area contributed by atoms with Crippen molar-refractivity contribution in [1.29, 1.82) is 0 Å². The molecule has 3 rings (SSSR count). The summed E-state index contributed by atoms with van der Waals surface area (Å²) in [6.07, 6.45) is 0.412. The van der Waals surface area contributed by atoms with Gasteiger partial charge in [0.15, 0.2) is 5.69 Å². The molecule has 2 amide bonds. The molecule has 2 fully saturated rings. The second-order valence-corrected chi connectivity index (χ2v) is 6.73. The number of carboxylic acid groups (broad SMARTS) is 1. The molecule has 2 aliphatic rings. The molecule has 1 N–H and O–H groups in total. The fraction of sp³-hybridized carbons (Fsp3) is 0.538. The lowest BCUT2D eigenvalue weighted by Crippen LogP contribution is -2.37. The Morgan fingerprint density at radius 2 is 2.00 bits per heavy atom. The Hall–Kier alpha value is -1.76. The number of nitrogens with zero attached hydrogens (tertiary/aromatic N) is 2. The molecule has 2 unspecified atom stereocenters. The molecule has 7 heteroatoms. The van der Waals surface area contributed by atoms with Crippen LogP contribution in [0.2, 0.25) is 0 Å². The van der Waals surface area contributed by atoms with Gasteiger partial charge in [0.25, 0.3) is 0 Å². The third-order valence-corrected chi connectivity index (χ3v) is 5.12. The molecular formula is C13H14N2O4S. The van der Waals surface area contributed by atoms with Gasteiger partial charge in [-0.2, -0.15) is 0 Å². The normalized spacial score (nSPS) is 26.8. The number of carbonyl (C=O) groups is 3. The number of hydrogen-bond donors (Lipinski definition) is 1. The number of rotatable bonds is 4. The highest BCUT2D eigenvalue weighted by Crippen LogP contribution is 2.63. The fourth-order valence-corrected chi connectivity index (χ4v) is 3.72. The standard InChI is InChI=1S/C13H14N2O4S/c1-13(2)8-9(13)11(17)15(10(8)16)4-3-7-14-6(5-20-7)12(18)19/h5,8-9H,3-4H2,1-2H3,(H,18,19). The highest BCUT2D eigenvalue weighted by molar-refractivity contribution is 7.09. The van der Waals surface area contributed by atoms with Crippen LogP contribution in [0.5, 0.6) is 0 Å². The maximum Gasteiger partial charge on any atom is 0.355 e. The quantitative estimate of drug-likeness (QED) is 0.838. The van der Waals surface area contributed by atoms with E-state index in [1.165, 1.54) is 21.6 Å². The van der Waals surface area contributed by atoms with Crippen LogP contribution in [0.15, 0.2) is 5.38 Å². The number of hydrogen-bond acceptors (Lipinski definition) is 5. The van der Waals surface area contributed by atoms with E-state index in [0.717, 1.165) is 0 Å². The van der Waals surface area contributed by atoms with Crippen molar-refractivity contribution in [2.75, 3.05) is 6.54 Å². The lowest BCUT2D eigenvalue weighted by molar-refractivity contribution is -0.142. The van der Waals surface area contributed by atoms with E-state index in [1.807, 2.05) is 13.8 Å². The number of carbonyl (C=O) groups excluding carboxylic acids is 2. The maximum atomic E-state index is 12.1. The number of piperidine rings is 1. The number of likely N-dealkylation sites (tertiary alicyclic amines) is 1. The molecule has 2 atom stereocenters. The lowest BCUT2D eigenvalue weighted by atomic mass is 10.1. The van der Waals surface area contributed by atoms with E-state index < -0.39 is 5.97 Å². The van der Waals surface area contributed by atoms with E-state index in [1.54, 1.807) is 0 Å². The molecule has 0 bridgehead atoms. The second kappa shape index (κ2) is 4.12.